The first-order chi connectivity index (χ1) is 6.24. The molecular weight excluding hydrogens is 170 g/mol. The number of amides is 2. The van der Waals surface area contributed by atoms with Gasteiger partial charge >= 0.3 is 6.03 Å². The van der Waals surface area contributed by atoms with Crippen LogP contribution in [0.1, 0.15) is 19.3 Å². The molecule has 0 unspecified atom stereocenters. The van der Waals surface area contributed by atoms with Gasteiger partial charge in [-0.1, -0.05) is 6.42 Å². The number of nitrogens with two attached hydrogens (primary N) is 1. The Morgan fingerprint density at radius 2 is 2.46 bits per heavy atom. The molecule has 13 heavy (non-hydrogen) atoms. The average molecular weight is 185 g/mol. The second kappa shape index (κ2) is 4.81. The van der Waals surface area contributed by atoms with E-state index in [1.807, 2.05) is 0 Å². The van der Waals surface area contributed by atoms with Gasteiger partial charge in [-0.25, -0.2) is 10.2 Å². The number of carbonyl (C=O) groups excluding carboxylic acids is 1. The summed E-state index contributed by atoms with van der Waals surface area (Å²) in [6.07, 6.45) is 5.20. The van der Waals surface area contributed by atoms with Crippen molar-refractivity contribution in [2.75, 3.05) is 7.11 Å². The average Bonchev–Trinajstić information content (AvgIpc) is 2.51. The number of ether oxygens (including phenoxy) is 1. The molecule has 0 aromatic rings. The zero-order chi connectivity index (χ0) is 9.68. The summed E-state index contributed by atoms with van der Waals surface area (Å²) < 4.78 is 5.25. The normalized spacial score (nSPS) is 28.1. The van der Waals surface area contributed by atoms with Gasteiger partial charge < -0.3 is 10.5 Å². The van der Waals surface area contributed by atoms with Crippen LogP contribution in [-0.4, -0.2) is 25.5 Å². The van der Waals surface area contributed by atoms with E-state index in [1.165, 1.54) is 0 Å². The minimum atomic E-state index is -0.636. The molecule has 74 valence electrons. The Morgan fingerprint density at radius 1 is 1.69 bits per heavy atom. The summed E-state index contributed by atoms with van der Waals surface area (Å²) in [5, 5.41) is 3.72. The summed E-state index contributed by atoms with van der Waals surface area (Å²) in [7, 11) is 1.69. The van der Waals surface area contributed by atoms with Crippen LogP contribution in [0.5, 0.6) is 0 Å². The van der Waals surface area contributed by atoms with Gasteiger partial charge in [0.05, 0.1) is 6.10 Å². The summed E-state index contributed by atoms with van der Waals surface area (Å²) in [5.41, 5.74) is 7.02. The van der Waals surface area contributed by atoms with Crippen LogP contribution in [0.2, 0.25) is 0 Å². The second-order valence-electron chi connectivity index (χ2n) is 3.12. The molecule has 5 heteroatoms. The maximum absolute atomic E-state index is 10.3. The Labute approximate surface area is 77.3 Å². The first-order valence-corrected chi connectivity index (χ1v) is 4.35. The maximum Gasteiger partial charge on any atom is 0.332 e. The van der Waals surface area contributed by atoms with Gasteiger partial charge in [0.1, 0.15) is 0 Å². The molecular formula is C8H15N3O2. The van der Waals surface area contributed by atoms with Crippen molar-refractivity contribution in [3.05, 3.63) is 0 Å². The van der Waals surface area contributed by atoms with Crippen LogP contribution < -0.4 is 11.2 Å². The highest BCUT2D eigenvalue weighted by atomic mass is 16.5. The number of hydrogen-bond acceptors (Lipinski definition) is 3. The number of nitrogens with zero attached hydrogens (tertiary/aromatic N) is 1. The van der Waals surface area contributed by atoms with Crippen LogP contribution in [0.25, 0.3) is 0 Å². The van der Waals surface area contributed by atoms with Crippen LogP contribution in [0.3, 0.4) is 0 Å². The molecule has 0 aromatic heterocycles. The first-order valence-electron chi connectivity index (χ1n) is 4.35. The molecule has 0 aromatic carbocycles. The van der Waals surface area contributed by atoms with Crippen LogP contribution >= 0.6 is 0 Å². The minimum Gasteiger partial charge on any atom is -0.381 e. The molecule has 1 saturated carbocycles. The molecule has 1 fully saturated rings. The molecule has 1 rings (SSSR count). The van der Waals surface area contributed by atoms with Gasteiger partial charge in [-0.2, -0.15) is 5.10 Å². The first kappa shape index (κ1) is 9.98. The highest BCUT2D eigenvalue weighted by molar-refractivity contribution is 5.73. The molecule has 0 aliphatic heterocycles. The van der Waals surface area contributed by atoms with E-state index >= 15 is 0 Å². The number of methoxy groups -OCH3 is 1. The second-order valence-corrected chi connectivity index (χ2v) is 3.12. The molecule has 1 aliphatic rings. The lowest BCUT2D eigenvalue weighted by molar-refractivity contribution is 0.0926. The maximum atomic E-state index is 10.3. The minimum absolute atomic E-state index is 0.235. The van der Waals surface area contributed by atoms with Crippen LogP contribution in [0, 0.1) is 5.92 Å². The van der Waals surface area contributed by atoms with Gasteiger partial charge in [0, 0.05) is 19.2 Å². The zero-order valence-electron chi connectivity index (χ0n) is 7.69. The molecule has 3 N–H and O–H groups in total. The van der Waals surface area contributed by atoms with E-state index < -0.39 is 6.03 Å². The van der Waals surface area contributed by atoms with Crippen molar-refractivity contribution in [1.29, 1.82) is 0 Å². The summed E-state index contributed by atoms with van der Waals surface area (Å²) >= 11 is 0. The third kappa shape index (κ3) is 3.02. The molecule has 0 heterocycles. The number of hydrazone groups is 1. The van der Waals surface area contributed by atoms with E-state index in [0.29, 0.717) is 5.92 Å². The Kier molecular flexibility index (Phi) is 3.70. The largest absolute Gasteiger partial charge is 0.381 e. The molecule has 0 radical (unpaired) electrons. The fourth-order valence-corrected chi connectivity index (χ4v) is 1.61. The Morgan fingerprint density at radius 3 is 3.08 bits per heavy atom. The molecule has 0 saturated heterocycles. The van der Waals surface area contributed by atoms with E-state index in [0.717, 1.165) is 19.3 Å². The Bertz CT molecular complexity index is 206. The topological polar surface area (TPSA) is 76.7 Å². The number of urea groups is 1. The molecule has 0 spiro atoms. The lowest BCUT2D eigenvalue weighted by atomic mass is 10.1. The van der Waals surface area contributed by atoms with E-state index in [-0.39, 0.29) is 6.10 Å². The number of primary amides is 1. The van der Waals surface area contributed by atoms with Gasteiger partial charge in [-0.15, -0.1) is 0 Å². The highest BCUT2D eigenvalue weighted by Crippen LogP contribution is 2.25. The van der Waals surface area contributed by atoms with Gasteiger partial charge in [0.25, 0.3) is 0 Å². The summed E-state index contributed by atoms with van der Waals surface area (Å²) in [6.45, 7) is 0. The van der Waals surface area contributed by atoms with E-state index in [2.05, 4.69) is 10.5 Å². The van der Waals surface area contributed by atoms with Crippen molar-refractivity contribution >= 4 is 12.2 Å². The predicted octanol–water partition coefficient (Wildman–Crippen LogP) is 0.456. The standard InChI is InChI=1S/C8H15N3O2/c1-13-7-4-2-3-6(7)5-10-11-8(9)12/h5-7H,2-4H2,1H3,(H3,9,11,12)/b10-5+/t6-,7+/m1/s1. The van der Waals surface area contributed by atoms with Crippen molar-refractivity contribution in [3.8, 4) is 0 Å². The zero-order valence-corrected chi connectivity index (χ0v) is 7.69. The Balaban J connectivity index is 2.34. The fourth-order valence-electron chi connectivity index (χ4n) is 1.61. The van der Waals surface area contributed by atoms with E-state index in [1.54, 1.807) is 13.3 Å². The van der Waals surface area contributed by atoms with Crippen molar-refractivity contribution in [2.45, 2.75) is 25.4 Å². The molecule has 2 amide bonds. The molecule has 2 atom stereocenters. The summed E-state index contributed by atoms with van der Waals surface area (Å²) in [4.78, 5) is 10.3. The lowest BCUT2D eigenvalue weighted by Crippen LogP contribution is -2.26. The molecule has 5 nitrogen and oxygen atoms in total. The van der Waals surface area contributed by atoms with Crippen molar-refractivity contribution < 1.29 is 9.53 Å². The van der Waals surface area contributed by atoms with Gasteiger partial charge in [0.15, 0.2) is 0 Å². The SMILES string of the molecule is CO[C@H]1CCC[C@@H]1/C=N/NC(N)=O. The van der Waals surface area contributed by atoms with Gasteiger partial charge in [-0.05, 0) is 12.8 Å². The Hall–Kier alpha value is -1.10. The quantitative estimate of drug-likeness (QED) is 0.495. The smallest absolute Gasteiger partial charge is 0.332 e. The van der Waals surface area contributed by atoms with Crippen molar-refractivity contribution in [1.82, 2.24) is 5.43 Å². The van der Waals surface area contributed by atoms with Gasteiger partial charge in [0.2, 0.25) is 0 Å². The van der Waals surface area contributed by atoms with Gasteiger partial charge in [-0.3, -0.25) is 0 Å². The molecule has 1 aliphatic carbocycles. The van der Waals surface area contributed by atoms with E-state index in [4.69, 9.17) is 10.5 Å². The summed E-state index contributed by atoms with van der Waals surface area (Å²) in [5.74, 6) is 0.303. The highest BCUT2D eigenvalue weighted by Gasteiger charge is 2.25. The monoisotopic (exact) mass is 185 g/mol. The number of carbonyl (C=O) groups is 1. The number of hydrogen-bond donors (Lipinski definition) is 2. The van der Waals surface area contributed by atoms with E-state index in [9.17, 15) is 4.79 Å². The van der Waals surface area contributed by atoms with Crippen molar-refractivity contribution in [2.24, 2.45) is 16.8 Å². The number of nitrogens with one attached hydrogen (secondary N) is 1. The van der Waals surface area contributed by atoms with Crippen LogP contribution in [0.15, 0.2) is 5.10 Å². The molecule has 0 bridgehead atoms. The predicted molar refractivity (Wildman–Crippen MR) is 49.3 cm³/mol. The number of rotatable bonds is 3. The fraction of sp³-hybridized carbons (Fsp3) is 0.750. The van der Waals surface area contributed by atoms with Crippen molar-refractivity contribution in [3.63, 3.8) is 0 Å². The third-order valence-electron chi connectivity index (χ3n) is 2.25. The van der Waals surface area contributed by atoms with Crippen LogP contribution in [0.4, 0.5) is 4.79 Å². The summed E-state index contributed by atoms with van der Waals surface area (Å²) in [6, 6.07) is -0.636. The van der Waals surface area contributed by atoms with Crippen LogP contribution in [-0.2, 0) is 4.74 Å². The lowest BCUT2D eigenvalue weighted by Gasteiger charge is -2.12. The third-order valence-corrected chi connectivity index (χ3v) is 2.25.